The Bertz CT molecular complexity index is 1420. The molecule has 0 aromatic heterocycles. The number of halogens is 1. The smallest absolute Gasteiger partial charge is 0.258 e. The Morgan fingerprint density at radius 1 is 0.973 bits per heavy atom. The first-order chi connectivity index (χ1) is 17.6. The van der Waals surface area contributed by atoms with Gasteiger partial charge in [0.1, 0.15) is 0 Å². The molecule has 37 heavy (non-hydrogen) atoms. The molecule has 0 atom stereocenters. The molecule has 7 nitrogen and oxygen atoms in total. The first-order valence-electron chi connectivity index (χ1n) is 12.0. The van der Waals surface area contributed by atoms with Gasteiger partial charge >= 0.3 is 0 Å². The van der Waals surface area contributed by atoms with Crippen molar-refractivity contribution in [3.63, 3.8) is 0 Å². The van der Waals surface area contributed by atoms with E-state index in [0.717, 1.165) is 16.8 Å². The van der Waals surface area contributed by atoms with Crippen LogP contribution in [0.5, 0.6) is 0 Å². The Kier molecular flexibility index (Phi) is 7.92. The second-order valence-electron chi connectivity index (χ2n) is 9.40. The van der Waals surface area contributed by atoms with E-state index in [4.69, 9.17) is 11.6 Å². The number of rotatable bonds is 9. The molecule has 0 saturated heterocycles. The molecule has 1 heterocycles. The Balaban J connectivity index is 1.73. The maximum atomic E-state index is 13.1. The van der Waals surface area contributed by atoms with Crippen LogP contribution in [-0.2, 0) is 14.8 Å². The lowest BCUT2D eigenvalue weighted by Crippen LogP contribution is -2.40. The minimum Gasteiger partial charge on any atom is -0.354 e. The second kappa shape index (κ2) is 11.0. The Morgan fingerprint density at radius 3 is 2.27 bits per heavy atom. The van der Waals surface area contributed by atoms with E-state index in [1.54, 1.807) is 38.1 Å². The fourth-order valence-corrected chi connectivity index (χ4v) is 5.51. The molecule has 3 aromatic carbocycles. The van der Waals surface area contributed by atoms with E-state index in [9.17, 15) is 13.2 Å². The summed E-state index contributed by atoms with van der Waals surface area (Å²) in [4.78, 5) is 15.0. The highest BCUT2D eigenvalue weighted by atomic mass is 35.5. The van der Waals surface area contributed by atoms with Gasteiger partial charge in [0.25, 0.3) is 5.91 Å². The van der Waals surface area contributed by atoms with E-state index in [0.29, 0.717) is 40.8 Å². The molecule has 0 bridgehead atoms. The highest BCUT2D eigenvalue weighted by molar-refractivity contribution is 7.93. The highest BCUT2D eigenvalue weighted by Gasteiger charge is 2.29. The number of sulfonamides is 1. The van der Waals surface area contributed by atoms with Crippen LogP contribution in [-0.4, -0.2) is 51.7 Å². The van der Waals surface area contributed by atoms with Crippen molar-refractivity contribution in [1.29, 1.82) is 0 Å². The first-order valence-corrected chi connectivity index (χ1v) is 13.9. The molecule has 0 radical (unpaired) electrons. The second-order valence-corrected chi connectivity index (χ2v) is 12.3. The van der Waals surface area contributed by atoms with Gasteiger partial charge in [-0.15, -0.1) is 0 Å². The molecule has 2 N–H and O–H groups in total. The minimum absolute atomic E-state index is 0.224. The summed E-state index contributed by atoms with van der Waals surface area (Å²) in [5.74, 6) is -0.224. The van der Waals surface area contributed by atoms with Crippen LogP contribution in [0.25, 0.3) is 11.3 Å². The topological polar surface area (TPSA) is 81.8 Å². The van der Waals surface area contributed by atoms with Crippen LogP contribution in [0.4, 0.5) is 17.1 Å². The quantitative estimate of drug-likeness (QED) is 0.357. The van der Waals surface area contributed by atoms with Gasteiger partial charge in [0, 0.05) is 29.4 Å². The summed E-state index contributed by atoms with van der Waals surface area (Å²) >= 11 is 6.14. The summed E-state index contributed by atoms with van der Waals surface area (Å²) in [5.41, 5.74) is 4.73. The molecule has 194 valence electrons. The summed E-state index contributed by atoms with van der Waals surface area (Å²) in [6.45, 7) is 4.31. The Morgan fingerprint density at radius 2 is 1.65 bits per heavy atom. The molecular formula is C28H31ClN4O3S. The third-order valence-corrected chi connectivity index (χ3v) is 8.55. The van der Waals surface area contributed by atoms with Crippen LogP contribution < -0.4 is 14.9 Å². The van der Waals surface area contributed by atoms with Crippen molar-refractivity contribution in [2.75, 3.05) is 42.1 Å². The lowest BCUT2D eigenvalue weighted by atomic mass is 10.00. The molecule has 0 spiro atoms. The number of nitrogens with zero attached hydrogens (tertiary/aromatic N) is 2. The Labute approximate surface area is 223 Å². The summed E-state index contributed by atoms with van der Waals surface area (Å²) in [6, 6.07) is 22.2. The minimum atomic E-state index is -3.51. The number of anilines is 3. The molecule has 9 heteroatoms. The monoisotopic (exact) mass is 538 g/mol. The number of fused-ring (bicyclic) bond motifs is 1. The SMILES string of the molecule is CC(C)S(=O)(=O)N(CCN(C)C)c1ccc(NC(=C2C(=O)Nc3cc(Cl)ccc32)c2ccccc2)cc1. The third kappa shape index (κ3) is 5.82. The molecule has 1 amide bonds. The van der Waals surface area contributed by atoms with Crippen molar-refractivity contribution < 1.29 is 13.2 Å². The number of amides is 1. The molecule has 0 unspecified atom stereocenters. The summed E-state index contributed by atoms with van der Waals surface area (Å²) in [6.07, 6.45) is 0. The van der Waals surface area contributed by atoms with Gasteiger partial charge in [-0.05, 0) is 69.9 Å². The number of hydrogen-bond acceptors (Lipinski definition) is 5. The van der Waals surface area contributed by atoms with Crippen molar-refractivity contribution in [2.24, 2.45) is 0 Å². The van der Waals surface area contributed by atoms with Crippen LogP contribution in [0.2, 0.25) is 5.02 Å². The van der Waals surface area contributed by atoms with E-state index < -0.39 is 15.3 Å². The maximum Gasteiger partial charge on any atom is 0.258 e. The van der Waals surface area contributed by atoms with Crippen molar-refractivity contribution in [1.82, 2.24) is 4.90 Å². The average Bonchev–Trinajstić information content (AvgIpc) is 3.18. The van der Waals surface area contributed by atoms with Crippen molar-refractivity contribution in [3.05, 3.63) is 88.9 Å². The van der Waals surface area contributed by atoms with Gasteiger partial charge in [-0.1, -0.05) is 48.0 Å². The van der Waals surface area contributed by atoms with Gasteiger partial charge in [-0.3, -0.25) is 9.10 Å². The van der Waals surface area contributed by atoms with Crippen LogP contribution in [0.15, 0.2) is 72.8 Å². The summed E-state index contributed by atoms with van der Waals surface area (Å²) in [5, 5.41) is 6.31. The fourth-order valence-electron chi connectivity index (χ4n) is 4.08. The molecule has 1 aliphatic rings. The molecule has 0 fully saturated rings. The number of nitrogens with one attached hydrogen (secondary N) is 2. The number of carbonyl (C=O) groups excluding carboxylic acids is 1. The van der Waals surface area contributed by atoms with E-state index in [-0.39, 0.29) is 5.91 Å². The number of benzene rings is 3. The standard InChI is InChI=1S/C28H31ClN4O3S/c1-19(2)37(35,36)33(17-16-32(3)4)23-13-11-22(12-14-23)30-27(20-8-6-5-7-9-20)26-24-15-10-21(29)18-25(24)31-28(26)34/h5-15,18-19,30H,16-17H2,1-4H3,(H,31,34). The van der Waals surface area contributed by atoms with E-state index >= 15 is 0 Å². The van der Waals surface area contributed by atoms with Crippen LogP contribution in [0, 0.1) is 0 Å². The molecule has 4 rings (SSSR count). The normalized spacial score (nSPS) is 14.5. The van der Waals surface area contributed by atoms with Crippen molar-refractivity contribution in [3.8, 4) is 0 Å². The summed E-state index contributed by atoms with van der Waals surface area (Å²) < 4.78 is 27.6. The molecule has 0 saturated carbocycles. The van der Waals surface area contributed by atoms with Gasteiger partial charge in [0.05, 0.1) is 27.9 Å². The average molecular weight is 539 g/mol. The zero-order chi connectivity index (χ0) is 26.7. The Hall–Kier alpha value is -3.33. The van der Waals surface area contributed by atoms with Crippen molar-refractivity contribution >= 4 is 55.9 Å². The van der Waals surface area contributed by atoms with Gasteiger partial charge in [0.15, 0.2) is 0 Å². The summed E-state index contributed by atoms with van der Waals surface area (Å²) in [7, 11) is 0.317. The van der Waals surface area contributed by atoms with Gasteiger partial charge in [0.2, 0.25) is 10.0 Å². The molecule has 1 aliphatic heterocycles. The van der Waals surface area contributed by atoms with Gasteiger partial charge in [-0.2, -0.15) is 0 Å². The van der Waals surface area contributed by atoms with Crippen LogP contribution >= 0.6 is 11.6 Å². The highest BCUT2D eigenvalue weighted by Crippen LogP contribution is 2.39. The van der Waals surface area contributed by atoms with Crippen LogP contribution in [0.3, 0.4) is 0 Å². The molecule has 0 aliphatic carbocycles. The third-order valence-electron chi connectivity index (χ3n) is 6.12. The zero-order valence-electron chi connectivity index (χ0n) is 21.3. The largest absolute Gasteiger partial charge is 0.354 e. The first kappa shape index (κ1) is 26.7. The van der Waals surface area contributed by atoms with E-state index in [1.807, 2.05) is 67.5 Å². The molecular weight excluding hydrogens is 508 g/mol. The van der Waals surface area contributed by atoms with Gasteiger partial charge in [-0.25, -0.2) is 8.42 Å². The predicted octanol–water partition coefficient (Wildman–Crippen LogP) is 5.38. The van der Waals surface area contributed by atoms with Gasteiger partial charge < -0.3 is 15.5 Å². The number of likely N-dealkylation sites (N-methyl/N-ethyl adjacent to an activating group) is 1. The van der Waals surface area contributed by atoms with Crippen molar-refractivity contribution in [2.45, 2.75) is 19.1 Å². The van der Waals surface area contributed by atoms with E-state index in [2.05, 4.69) is 10.6 Å². The lowest BCUT2D eigenvalue weighted by Gasteiger charge is -2.28. The number of hydrogen-bond donors (Lipinski definition) is 2. The zero-order valence-corrected chi connectivity index (χ0v) is 22.9. The fraction of sp³-hybridized carbons (Fsp3) is 0.250. The molecule has 3 aromatic rings. The number of carbonyl (C=O) groups is 1. The predicted molar refractivity (Wildman–Crippen MR) is 153 cm³/mol. The maximum absolute atomic E-state index is 13.1. The van der Waals surface area contributed by atoms with Crippen LogP contribution in [0.1, 0.15) is 25.0 Å². The van der Waals surface area contributed by atoms with E-state index in [1.165, 1.54) is 4.31 Å². The lowest BCUT2D eigenvalue weighted by molar-refractivity contribution is -0.110.